The number of para-hydroxylation sites is 1. The number of carbonyl (C=O) groups excluding carboxylic acids is 1. The standard InChI is InChI=1S/C14H21NO4/c1-6-18-11-9-7-8-10(12(11)17-5)15-13(16)19-14(2,3)4/h7-9H,6H2,1-5H3,(H,15,16). The zero-order valence-electron chi connectivity index (χ0n) is 12.1. The van der Waals surface area contributed by atoms with Gasteiger partial charge < -0.3 is 14.2 Å². The normalized spacial score (nSPS) is 10.8. The first kappa shape index (κ1) is 15.1. The average Bonchev–Trinajstić information content (AvgIpc) is 2.27. The molecule has 19 heavy (non-hydrogen) atoms. The van der Waals surface area contributed by atoms with Gasteiger partial charge in [-0.1, -0.05) is 6.07 Å². The molecule has 5 nitrogen and oxygen atoms in total. The third-order valence-corrected chi connectivity index (χ3v) is 2.12. The van der Waals surface area contributed by atoms with Crippen molar-refractivity contribution in [2.75, 3.05) is 19.0 Å². The van der Waals surface area contributed by atoms with Crippen LogP contribution in [0.15, 0.2) is 18.2 Å². The Labute approximate surface area is 113 Å². The number of methoxy groups -OCH3 is 1. The fourth-order valence-corrected chi connectivity index (χ4v) is 1.51. The van der Waals surface area contributed by atoms with Crippen molar-refractivity contribution in [2.24, 2.45) is 0 Å². The summed E-state index contributed by atoms with van der Waals surface area (Å²) in [6.07, 6.45) is -0.528. The van der Waals surface area contributed by atoms with Crippen LogP contribution >= 0.6 is 0 Å². The molecule has 0 atom stereocenters. The smallest absolute Gasteiger partial charge is 0.412 e. The maximum atomic E-state index is 11.7. The molecule has 1 aromatic rings. The van der Waals surface area contributed by atoms with Crippen LogP contribution in [0.4, 0.5) is 10.5 Å². The Bertz CT molecular complexity index is 438. The van der Waals surface area contributed by atoms with Crippen LogP contribution in [0.5, 0.6) is 11.5 Å². The second-order valence-electron chi connectivity index (χ2n) is 4.90. The summed E-state index contributed by atoms with van der Waals surface area (Å²) in [6.45, 7) is 7.82. The summed E-state index contributed by atoms with van der Waals surface area (Å²) in [7, 11) is 1.53. The predicted octanol–water partition coefficient (Wildman–Crippen LogP) is 3.44. The van der Waals surface area contributed by atoms with E-state index in [1.54, 1.807) is 39.0 Å². The second kappa shape index (κ2) is 6.31. The van der Waals surface area contributed by atoms with Crippen LogP contribution in [-0.2, 0) is 4.74 Å². The average molecular weight is 267 g/mol. The topological polar surface area (TPSA) is 56.8 Å². The molecular formula is C14H21NO4. The van der Waals surface area contributed by atoms with E-state index < -0.39 is 11.7 Å². The van der Waals surface area contributed by atoms with Crippen LogP contribution < -0.4 is 14.8 Å². The van der Waals surface area contributed by atoms with Gasteiger partial charge in [0.15, 0.2) is 11.5 Å². The maximum absolute atomic E-state index is 11.7. The highest BCUT2D eigenvalue weighted by Gasteiger charge is 2.18. The van der Waals surface area contributed by atoms with Gasteiger partial charge in [0.05, 0.1) is 19.4 Å². The van der Waals surface area contributed by atoms with Crippen LogP contribution in [0.3, 0.4) is 0 Å². The molecule has 0 heterocycles. The molecule has 106 valence electrons. The van der Waals surface area contributed by atoms with Gasteiger partial charge in [0.25, 0.3) is 0 Å². The molecule has 0 unspecified atom stereocenters. The Morgan fingerprint density at radius 2 is 2.00 bits per heavy atom. The summed E-state index contributed by atoms with van der Waals surface area (Å²) in [4.78, 5) is 11.7. The van der Waals surface area contributed by atoms with Crippen LogP contribution in [0, 0.1) is 0 Å². The van der Waals surface area contributed by atoms with Crippen molar-refractivity contribution in [1.29, 1.82) is 0 Å². The fourth-order valence-electron chi connectivity index (χ4n) is 1.51. The number of rotatable bonds is 4. The lowest BCUT2D eigenvalue weighted by atomic mass is 10.2. The van der Waals surface area contributed by atoms with Crippen molar-refractivity contribution in [2.45, 2.75) is 33.3 Å². The monoisotopic (exact) mass is 267 g/mol. The molecule has 1 rings (SSSR count). The summed E-state index contributed by atoms with van der Waals surface area (Å²) in [5.74, 6) is 1.06. The minimum absolute atomic E-state index is 0.482. The van der Waals surface area contributed by atoms with Gasteiger partial charge in [-0.3, -0.25) is 5.32 Å². The molecule has 0 spiro atoms. The largest absolute Gasteiger partial charge is 0.491 e. The van der Waals surface area contributed by atoms with E-state index in [0.717, 1.165) is 0 Å². The number of ether oxygens (including phenoxy) is 3. The first-order valence-corrected chi connectivity index (χ1v) is 6.17. The van der Waals surface area contributed by atoms with E-state index in [9.17, 15) is 4.79 Å². The van der Waals surface area contributed by atoms with Crippen molar-refractivity contribution >= 4 is 11.8 Å². The SMILES string of the molecule is CCOc1cccc(NC(=O)OC(C)(C)C)c1OC. The van der Waals surface area contributed by atoms with E-state index in [0.29, 0.717) is 23.8 Å². The fraction of sp³-hybridized carbons (Fsp3) is 0.500. The van der Waals surface area contributed by atoms with Crippen molar-refractivity contribution in [3.63, 3.8) is 0 Å². The summed E-state index contributed by atoms with van der Waals surface area (Å²) >= 11 is 0. The number of nitrogens with one attached hydrogen (secondary N) is 1. The van der Waals surface area contributed by atoms with Crippen molar-refractivity contribution in [3.8, 4) is 11.5 Å². The molecule has 0 aromatic heterocycles. The second-order valence-corrected chi connectivity index (χ2v) is 4.90. The zero-order chi connectivity index (χ0) is 14.5. The highest BCUT2D eigenvalue weighted by Crippen LogP contribution is 2.35. The summed E-state index contributed by atoms with van der Waals surface area (Å²) < 4.78 is 15.9. The Balaban J connectivity index is 2.88. The third kappa shape index (κ3) is 4.69. The van der Waals surface area contributed by atoms with Gasteiger partial charge in [-0.25, -0.2) is 4.79 Å². The van der Waals surface area contributed by atoms with E-state index in [4.69, 9.17) is 14.2 Å². The zero-order valence-corrected chi connectivity index (χ0v) is 12.1. The van der Waals surface area contributed by atoms with E-state index >= 15 is 0 Å². The van der Waals surface area contributed by atoms with Gasteiger partial charge in [-0.15, -0.1) is 0 Å². The van der Waals surface area contributed by atoms with Gasteiger partial charge in [-0.05, 0) is 39.8 Å². The number of hydrogen-bond acceptors (Lipinski definition) is 4. The Hall–Kier alpha value is -1.91. The van der Waals surface area contributed by atoms with Gasteiger partial charge >= 0.3 is 6.09 Å². The maximum Gasteiger partial charge on any atom is 0.412 e. The van der Waals surface area contributed by atoms with Gasteiger partial charge in [0.1, 0.15) is 5.60 Å². The summed E-state index contributed by atoms with van der Waals surface area (Å²) in [5, 5.41) is 2.65. The quantitative estimate of drug-likeness (QED) is 0.907. The molecule has 1 amide bonds. The minimum atomic E-state index is -0.547. The van der Waals surface area contributed by atoms with Gasteiger partial charge in [0, 0.05) is 0 Å². The van der Waals surface area contributed by atoms with Crippen molar-refractivity contribution < 1.29 is 19.0 Å². The molecule has 0 aliphatic heterocycles. The molecular weight excluding hydrogens is 246 g/mol. The highest BCUT2D eigenvalue weighted by atomic mass is 16.6. The molecule has 1 N–H and O–H groups in total. The third-order valence-electron chi connectivity index (χ3n) is 2.12. The van der Waals surface area contributed by atoms with Gasteiger partial charge in [0.2, 0.25) is 0 Å². The van der Waals surface area contributed by atoms with Crippen molar-refractivity contribution in [1.82, 2.24) is 0 Å². The number of benzene rings is 1. The van der Waals surface area contributed by atoms with E-state index in [2.05, 4.69) is 5.32 Å². The molecule has 0 aliphatic rings. The molecule has 0 saturated heterocycles. The molecule has 0 radical (unpaired) electrons. The number of carbonyl (C=O) groups is 1. The number of anilines is 1. The lowest BCUT2D eigenvalue weighted by Crippen LogP contribution is -2.27. The van der Waals surface area contributed by atoms with Crippen LogP contribution in [0.1, 0.15) is 27.7 Å². The molecule has 0 fully saturated rings. The molecule has 5 heteroatoms. The first-order chi connectivity index (χ1) is 8.87. The minimum Gasteiger partial charge on any atom is -0.491 e. The van der Waals surface area contributed by atoms with E-state index in [1.807, 2.05) is 6.92 Å². The summed E-state index contributed by atoms with van der Waals surface area (Å²) in [5.41, 5.74) is -0.0304. The van der Waals surface area contributed by atoms with E-state index in [-0.39, 0.29) is 0 Å². The lowest BCUT2D eigenvalue weighted by Gasteiger charge is -2.20. The van der Waals surface area contributed by atoms with Crippen LogP contribution in [-0.4, -0.2) is 25.4 Å². The molecule has 1 aromatic carbocycles. The molecule has 0 aliphatic carbocycles. The number of hydrogen-bond donors (Lipinski definition) is 1. The first-order valence-electron chi connectivity index (χ1n) is 6.17. The van der Waals surface area contributed by atoms with Crippen LogP contribution in [0.2, 0.25) is 0 Å². The van der Waals surface area contributed by atoms with Gasteiger partial charge in [-0.2, -0.15) is 0 Å². The Morgan fingerprint density at radius 1 is 1.32 bits per heavy atom. The molecule has 0 saturated carbocycles. The molecule has 0 bridgehead atoms. The Morgan fingerprint density at radius 3 is 2.53 bits per heavy atom. The Kier molecular flexibility index (Phi) is 5.03. The lowest BCUT2D eigenvalue weighted by molar-refractivity contribution is 0.0635. The summed E-state index contributed by atoms with van der Waals surface area (Å²) in [6, 6.07) is 5.29. The van der Waals surface area contributed by atoms with Crippen LogP contribution in [0.25, 0.3) is 0 Å². The highest BCUT2D eigenvalue weighted by molar-refractivity contribution is 5.87. The van der Waals surface area contributed by atoms with E-state index in [1.165, 1.54) is 7.11 Å². The van der Waals surface area contributed by atoms with Crippen molar-refractivity contribution in [3.05, 3.63) is 18.2 Å². The predicted molar refractivity (Wildman–Crippen MR) is 74.0 cm³/mol. The number of amides is 1.